The van der Waals surface area contributed by atoms with Crippen LogP contribution in [0.5, 0.6) is 11.5 Å². The molecule has 0 radical (unpaired) electrons. The second-order valence-corrected chi connectivity index (χ2v) is 5.51. The number of hydrogen-bond donors (Lipinski definition) is 2. The van der Waals surface area contributed by atoms with Crippen molar-refractivity contribution in [3.8, 4) is 11.5 Å². The number of ether oxygens (including phenoxy) is 2. The van der Waals surface area contributed by atoms with Crippen LogP contribution in [0.2, 0.25) is 0 Å². The Bertz CT molecular complexity index is 689. The Morgan fingerprint density at radius 3 is 2.48 bits per heavy atom. The summed E-state index contributed by atoms with van der Waals surface area (Å²) in [6.07, 6.45) is -0.212. The zero-order valence-electron chi connectivity index (χ0n) is 14.8. The molecule has 5 nitrogen and oxygen atoms in total. The summed E-state index contributed by atoms with van der Waals surface area (Å²) in [7, 11) is 3.34. The van der Waals surface area contributed by atoms with Crippen LogP contribution in [0, 0.1) is 5.82 Å². The van der Waals surface area contributed by atoms with Crippen LogP contribution in [0.1, 0.15) is 12.5 Å². The van der Waals surface area contributed by atoms with Gasteiger partial charge in [0, 0.05) is 13.6 Å². The minimum absolute atomic E-state index is 0.212. The van der Waals surface area contributed by atoms with Gasteiger partial charge in [-0.3, -0.25) is 4.99 Å². The molecular formula is C19H24FN3O2. The monoisotopic (exact) mass is 345 g/mol. The van der Waals surface area contributed by atoms with Crippen molar-refractivity contribution < 1.29 is 13.9 Å². The van der Waals surface area contributed by atoms with Gasteiger partial charge in [0.05, 0.1) is 13.7 Å². The van der Waals surface area contributed by atoms with Crippen molar-refractivity contribution >= 4 is 5.96 Å². The molecule has 2 N–H and O–H groups in total. The van der Waals surface area contributed by atoms with Gasteiger partial charge in [0.1, 0.15) is 11.9 Å². The molecule has 0 aliphatic carbocycles. The molecule has 134 valence electrons. The molecule has 1 atom stereocenters. The maximum absolute atomic E-state index is 13.6. The highest BCUT2D eigenvalue weighted by atomic mass is 19.1. The fourth-order valence-electron chi connectivity index (χ4n) is 2.19. The number of guanidine groups is 1. The highest BCUT2D eigenvalue weighted by Crippen LogP contribution is 2.16. The Kier molecular flexibility index (Phi) is 7.07. The third kappa shape index (κ3) is 5.99. The normalized spacial score (nSPS) is 12.4. The number of hydrogen-bond acceptors (Lipinski definition) is 3. The number of methoxy groups -OCH3 is 1. The van der Waals surface area contributed by atoms with Gasteiger partial charge in [-0.2, -0.15) is 0 Å². The lowest BCUT2D eigenvalue weighted by Crippen LogP contribution is -2.41. The first kappa shape index (κ1) is 18.6. The van der Waals surface area contributed by atoms with Crippen LogP contribution in [0.3, 0.4) is 0 Å². The predicted octanol–water partition coefficient (Wildman–Crippen LogP) is 2.97. The Morgan fingerprint density at radius 2 is 1.84 bits per heavy atom. The molecule has 0 spiro atoms. The molecule has 0 bridgehead atoms. The summed E-state index contributed by atoms with van der Waals surface area (Å²) in [4.78, 5) is 4.17. The Morgan fingerprint density at radius 1 is 1.12 bits per heavy atom. The van der Waals surface area contributed by atoms with Gasteiger partial charge in [0.25, 0.3) is 0 Å². The second-order valence-electron chi connectivity index (χ2n) is 5.51. The average molecular weight is 345 g/mol. The summed E-state index contributed by atoms with van der Waals surface area (Å²) >= 11 is 0. The first-order chi connectivity index (χ1) is 12.1. The SMILES string of the molecule is CN=C(NCc1ccc(OC)cc1)NCC(C)Oc1ccccc1F. The number of para-hydroxylation sites is 1. The van der Waals surface area contributed by atoms with Crippen molar-refractivity contribution in [3.05, 3.63) is 59.9 Å². The number of halogens is 1. The van der Waals surface area contributed by atoms with E-state index in [-0.39, 0.29) is 17.7 Å². The van der Waals surface area contributed by atoms with Crippen molar-refractivity contribution in [2.24, 2.45) is 4.99 Å². The van der Waals surface area contributed by atoms with Crippen molar-refractivity contribution in [1.82, 2.24) is 10.6 Å². The summed E-state index contributed by atoms with van der Waals surface area (Å²) in [6.45, 7) is 3.00. The standard InChI is InChI=1S/C19H24FN3O2/c1-14(25-18-7-5-4-6-17(18)20)12-22-19(21-2)23-13-15-8-10-16(24-3)11-9-15/h4-11,14H,12-13H2,1-3H3,(H2,21,22,23). The molecule has 0 aliphatic rings. The second kappa shape index (κ2) is 9.52. The van der Waals surface area contributed by atoms with E-state index in [4.69, 9.17) is 9.47 Å². The van der Waals surface area contributed by atoms with Crippen molar-refractivity contribution in [2.75, 3.05) is 20.7 Å². The van der Waals surface area contributed by atoms with E-state index in [1.807, 2.05) is 31.2 Å². The van der Waals surface area contributed by atoms with Gasteiger partial charge in [-0.15, -0.1) is 0 Å². The van der Waals surface area contributed by atoms with Gasteiger partial charge < -0.3 is 20.1 Å². The average Bonchev–Trinajstić information content (AvgIpc) is 2.64. The smallest absolute Gasteiger partial charge is 0.191 e. The summed E-state index contributed by atoms with van der Waals surface area (Å²) in [5, 5.41) is 6.39. The van der Waals surface area contributed by atoms with E-state index >= 15 is 0 Å². The van der Waals surface area contributed by atoms with E-state index in [1.54, 1.807) is 32.4 Å². The highest BCUT2D eigenvalue weighted by Gasteiger charge is 2.08. The fraction of sp³-hybridized carbons (Fsp3) is 0.316. The third-order valence-corrected chi connectivity index (χ3v) is 3.56. The summed E-state index contributed by atoms with van der Waals surface area (Å²) in [5.74, 6) is 1.36. The molecule has 2 aromatic rings. The van der Waals surface area contributed by atoms with Crippen molar-refractivity contribution in [3.63, 3.8) is 0 Å². The van der Waals surface area contributed by atoms with Crippen molar-refractivity contribution in [2.45, 2.75) is 19.6 Å². The van der Waals surface area contributed by atoms with Crippen LogP contribution in [-0.2, 0) is 6.54 Å². The Labute approximate surface area is 147 Å². The zero-order chi connectivity index (χ0) is 18.1. The summed E-state index contributed by atoms with van der Waals surface area (Å²) < 4.78 is 24.3. The lowest BCUT2D eigenvalue weighted by atomic mass is 10.2. The van der Waals surface area contributed by atoms with Crippen LogP contribution in [0.25, 0.3) is 0 Å². The van der Waals surface area contributed by atoms with Gasteiger partial charge >= 0.3 is 0 Å². The zero-order valence-corrected chi connectivity index (χ0v) is 14.8. The molecule has 0 heterocycles. The minimum atomic E-state index is -0.364. The maximum atomic E-state index is 13.6. The quantitative estimate of drug-likeness (QED) is 0.598. The highest BCUT2D eigenvalue weighted by molar-refractivity contribution is 5.79. The van der Waals surface area contributed by atoms with E-state index in [0.29, 0.717) is 19.0 Å². The molecule has 2 rings (SSSR count). The largest absolute Gasteiger partial charge is 0.497 e. The van der Waals surface area contributed by atoms with Gasteiger partial charge in [-0.25, -0.2) is 4.39 Å². The van der Waals surface area contributed by atoms with Crippen LogP contribution >= 0.6 is 0 Å². The van der Waals surface area contributed by atoms with E-state index in [0.717, 1.165) is 11.3 Å². The first-order valence-electron chi connectivity index (χ1n) is 8.11. The van der Waals surface area contributed by atoms with Gasteiger partial charge in [-0.1, -0.05) is 24.3 Å². The fourth-order valence-corrected chi connectivity index (χ4v) is 2.19. The van der Waals surface area contributed by atoms with Crippen LogP contribution in [0.15, 0.2) is 53.5 Å². The molecule has 1 unspecified atom stereocenters. The predicted molar refractivity (Wildman–Crippen MR) is 97.7 cm³/mol. The lowest BCUT2D eigenvalue weighted by Gasteiger charge is -2.18. The molecule has 6 heteroatoms. The number of nitrogens with zero attached hydrogens (tertiary/aromatic N) is 1. The maximum Gasteiger partial charge on any atom is 0.191 e. The van der Waals surface area contributed by atoms with Crippen LogP contribution < -0.4 is 20.1 Å². The van der Waals surface area contributed by atoms with E-state index < -0.39 is 0 Å². The molecule has 0 aromatic heterocycles. The third-order valence-electron chi connectivity index (χ3n) is 3.56. The number of aliphatic imine (C=N–C) groups is 1. The molecular weight excluding hydrogens is 321 g/mol. The molecule has 0 aliphatic heterocycles. The lowest BCUT2D eigenvalue weighted by molar-refractivity contribution is 0.214. The van der Waals surface area contributed by atoms with Gasteiger partial charge in [-0.05, 0) is 36.8 Å². The van der Waals surface area contributed by atoms with Gasteiger partial charge in [0.15, 0.2) is 17.5 Å². The summed E-state index contributed by atoms with van der Waals surface area (Å²) in [6, 6.07) is 14.2. The van der Waals surface area contributed by atoms with Crippen molar-refractivity contribution in [1.29, 1.82) is 0 Å². The van der Waals surface area contributed by atoms with Crippen LogP contribution in [-0.4, -0.2) is 32.8 Å². The first-order valence-corrected chi connectivity index (χ1v) is 8.11. The molecule has 25 heavy (non-hydrogen) atoms. The molecule has 0 saturated heterocycles. The molecule has 0 saturated carbocycles. The van der Waals surface area contributed by atoms with E-state index in [9.17, 15) is 4.39 Å². The van der Waals surface area contributed by atoms with E-state index in [1.165, 1.54) is 6.07 Å². The van der Waals surface area contributed by atoms with Gasteiger partial charge in [0.2, 0.25) is 0 Å². The number of nitrogens with one attached hydrogen (secondary N) is 2. The van der Waals surface area contributed by atoms with E-state index in [2.05, 4.69) is 15.6 Å². The number of benzene rings is 2. The summed E-state index contributed by atoms with van der Waals surface area (Å²) in [5.41, 5.74) is 1.11. The minimum Gasteiger partial charge on any atom is -0.497 e. The molecule has 0 fully saturated rings. The molecule has 2 aromatic carbocycles. The Balaban J connectivity index is 1.78. The number of rotatable bonds is 7. The molecule has 0 amide bonds. The Hall–Kier alpha value is -2.76. The van der Waals surface area contributed by atoms with Crippen LogP contribution in [0.4, 0.5) is 4.39 Å². The topological polar surface area (TPSA) is 54.9 Å².